The van der Waals surface area contributed by atoms with E-state index in [9.17, 15) is 4.79 Å². The van der Waals surface area contributed by atoms with Crippen molar-refractivity contribution in [3.8, 4) is 0 Å². The summed E-state index contributed by atoms with van der Waals surface area (Å²) in [6.45, 7) is 5.47. The van der Waals surface area contributed by atoms with Crippen LogP contribution in [0.3, 0.4) is 0 Å². The molecule has 1 aliphatic heterocycles. The highest BCUT2D eigenvalue weighted by Crippen LogP contribution is 2.26. The molecular weight excluding hydrogens is 292 g/mol. The largest absolute Gasteiger partial charge is 0.377 e. The Morgan fingerprint density at radius 3 is 2.95 bits per heavy atom. The van der Waals surface area contributed by atoms with Crippen LogP contribution in [0.5, 0.6) is 0 Å². The summed E-state index contributed by atoms with van der Waals surface area (Å²) in [5.41, 5.74) is 0.798. The van der Waals surface area contributed by atoms with Crippen LogP contribution in [0.2, 0.25) is 5.15 Å². The molecule has 1 fully saturated rings. The fourth-order valence-electron chi connectivity index (χ4n) is 2.38. The molecule has 0 bridgehead atoms. The zero-order chi connectivity index (χ0) is 15.4. The number of hydrogen-bond acceptors (Lipinski definition) is 5. The van der Waals surface area contributed by atoms with Crippen molar-refractivity contribution in [3.63, 3.8) is 0 Å². The molecule has 2 rings (SSSR count). The summed E-state index contributed by atoms with van der Waals surface area (Å²) in [5.74, 6) is 1.36. The maximum atomic E-state index is 12.0. The highest BCUT2D eigenvalue weighted by atomic mass is 35.5. The maximum absolute atomic E-state index is 12.0. The number of halogens is 1. The van der Waals surface area contributed by atoms with Crippen molar-refractivity contribution >= 4 is 23.3 Å². The van der Waals surface area contributed by atoms with E-state index in [1.807, 2.05) is 11.8 Å². The van der Waals surface area contributed by atoms with Crippen LogP contribution in [-0.2, 0) is 16.0 Å². The lowest BCUT2D eigenvalue weighted by Crippen LogP contribution is -2.54. The molecule has 21 heavy (non-hydrogen) atoms. The van der Waals surface area contributed by atoms with Gasteiger partial charge in [0.15, 0.2) is 0 Å². The van der Waals surface area contributed by atoms with E-state index in [0.717, 1.165) is 24.2 Å². The van der Waals surface area contributed by atoms with Crippen molar-refractivity contribution < 1.29 is 9.53 Å². The molecule has 1 atom stereocenters. The average Bonchev–Trinajstić information content (AvgIpc) is 2.50. The van der Waals surface area contributed by atoms with Gasteiger partial charge in [-0.2, -0.15) is 0 Å². The first-order valence-electron chi connectivity index (χ1n) is 7.17. The van der Waals surface area contributed by atoms with E-state index >= 15 is 0 Å². The number of carbonyl (C=O) groups excluding carboxylic acids is 1. The minimum atomic E-state index is -0.386. The first kappa shape index (κ1) is 16.0. The van der Waals surface area contributed by atoms with Crippen LogP contribution in [0.25, 0.3) is 0 Å². The molecule has 0 saturated carbocycles. The highest BCUT2D eigenvalue weighted by Gasteiger charge is 2.31. The van der Waals surface area contributed by atoms with Crippen molar-refractivity contribution in [1.82, 2.24) is 15.3 Å². The van der Waals surface area contributed by atoms with Gasteiger partial charge in [0.05, 0.1) is 13.2 Å². The van der Waals surface area contributed by atoms with Gasteiger partial charge in [-0.25, -0.2) is 9.97 Å². The Bertz CT molecular complexity index is 524. The fourth-order valence-corrected chi connectivity index (χ4v) is 2.56. The number of morpholine rings is 1. The number of carbonyl (C=O) groups is 1. The normalized spacial score (nSPS) is 18.7. The van der Waals surface area contributed by atoms with Crippen LogP contribution in [0, 0.1) is 6.92 Å². The highest BCUT2D eigenvalue weighted by molar-refractivity contribution is 6.30. The van der Waals surface area contributed by atoms with E-state index < -0.39 is 0 Å². The average molecular weight is 313 g/mol. The van der Waals surface area contributed by atoms with E-state index in [1.165, 1.54) is 0 Å². The van der Waals surface area contributed by atoms with Crippen LogP contribution in [-0.4, -0.2) is 48.7 Å². The predicted molar refractivity (Wildman–Crippen MR) is 81.8 cm³/mol. The lowest BCUT2D eigenvalue weighted by molar-refractivity contribution is -0.124. The van der Waals surface area contributed by atoms with Crippen LogP contribution >= 0.6 is 11.6 Å². The summed E-state index contributed by atoms with van der Waals surface area (Å²) in [6, 6.07) is -0.386. The second-order valence-corrected chi connectivity index (χ2v) is 5.39. The van der Waals surface area contributed by atoms with E-state index in [0.29, 0.717) is 30.7 Å². The Hall–Kier alpha value is -1.40. The van der Waals surface area contributed by atoms with E-state index in [2.05, 4.69) is 22.2 Å². The Labute approximate surface area is 129 Å². The van der Waals surface area contributed by atoms with Crippen LogP contribution in [0.1, 0.15) is 24.7 Å². The lowest BCUT2D eigenvalue weighted by atomic mass is 10.2. The first-order valence-corrected chi connectivity index (χ1v) is 7.55. The van der Waals surface area contributed by atoms with Gasteiger partial charge in [0.25, 0.3) is 0 Å². The summed E-state index contributed by atoms with van der Waals surface area (Å²) in [6.07, 6.45) is 1.71. The van der Waals surface area contributed by atoms with Gasteiger partial charge in [0.1, 0.15) is 22.8 Å². The molecule has 2 heterocycles. The van der Waals surface area contributed by atoms with E-state index in [1.54, 1.807) is 7.05 Å². The Morgan fingerprint density at radius 1 is 1.52 bits per heavy atom. The van der Waals surface area contributed by atoms with Crippen molar-refractivity contribution in [2.45, 2.75) is 32.7 Å². The number of amides is 1. The Morgan fingerprint density at radius 2 is 2.29 bits per heavy atom. The topological polar surface area (TPSA) is 67.4 Å². The third-order valence-corrected chi connectivity index (χ3v) is 3.90. The first-order chi connectivity index (χ1) is 10.1. The van der Waals surface area contributed by atoms with Gasteiger partial charge in [-0.1, -0.05) is 18.5 Å². The number of nitrogens with zero attached hydrogens (tertiary/aromatic N) is 3. The quantitative estimate of drug-likeness (QED) is 0.850. The number of anilines is 1. The molecule has 1 aromatic heterocycles. The molecule has 1 saturated heterocycles. The molecule has 0 aliphatic carbocycles. The molecule has 1 aromatic rings. The van der Waals surface area contributed by atoms with Crippen molar-refractivity contribution in [2.75, 3.05) is 31.7 Å². The Kier molecular flexibility index (Phi) is 5.36. The second-order valence-electron chi connectivity index (χ2n) is 5.03. The molecule has 1 aliphatic rings. The van der Waals surface area contributed by atoms with Gasteiger partial charge in [-0.3, -0.25) is 4.79 Å². The lowest BCUT2D eigenvalue weighted by Gasteiger charge is -2.36. The smallest absolute Gasteiger partial charge is 0.244 e. The summed E-state index contributed by atoms with van der Waals surface area (Å²) in [4.78, 5) is 22.9. The van der Waals surface area contributed by atoms with Crippen molar-refractivity contribution in [1.29, 1.82) is 0 Å². The molecule has 6 nitrogen and oxygen atoms in total. The Balaban J connectivity index is 2.39. The third kappa shape index (κ3) is 3.44. The number of ether oxygens (including phenoxy) is 1. The van der Waals surface area contributed by atoms with E-state index in [4.69, 9.17) is 16.3 Å². The summed E-state index contributed by atoms with van der Waals surface area (Å²) in [7, 11) is 1.62. The van der Waals surface area contributed by atoms with Gasteiger partial charge < -0.3 is 15.0 Å². The molecule has 7 heteroatoms. The summed E-state index contributed by atoms with van der Waals surface area (Å²) in [5, 5.41) is 3.12. The standard InChI is InChI=1S/C14H21ClN4O2/c1-4-5-11-17-12(15)9(2)13(18-11)19-6-7-21-8-10(19)14(20)16-3/h10H,4-8H2,1-3H3,(H,16,20). The van der Waals surface area contributed by atoms with Crippen molar-refractivity contribution in [2.24, 2.45) is 0 Å². The molecule has 116 valence electrons. The molecule has 0 radical (unpaired) electrons. The number of nitrogens with one attached hydrogen (secondary N) is 1. The number of likely N-dealkylation sites (N-methyl/N-ethyl adjacent to an activating group) is 1. The van der Waals surface area contributed by atoms with Gasteiger partial charge in [0, 0.05) is 25.6 Å². The zero-order valence-corrected chi connectivity index (χ0v) is 13.4. The number of aryl methyl sites for hydroxylation is 1. The number of rotatable bonds is 4. The van der Waals surface area contributed by atoms with Crippen LogP contribution in [0.15, 0.2) is 0 Å². The van der Waals surface area contributed by atoms with Gasteiger partial charge in [-0.05, 0) is 13.3 Å². The molecule has 0 spiro atoms. The molecular formula is C14H21ClN4O2. The van der Waals surface area contributed by atoms with Gasteiger partial charge in [-0.15, -0.1) is 0 Å². The molecule has 1 N–H and O–H groups in total. The predicted octanol–water partition coefficient (Wildman–Crippen LogP) is 1.34. The summed E-state index contributed by atoms with van der Waals surface area (Å²) >= 11 is 6.23. The van der Waals surface area contributed by atoms with Crippen LogP contribution < -0.4 is 10.2 Å². The molecule has 1 unspecified atom stereocenters. The van der Waals surface area contributed by atoms with Crippen LogP contribution in [0.4, 0.5) is 5.82 Å². The minimum Gasteiger partial charge on any atom is -0.377 e. The maximum Gasteiger partial charge on any atom is 0.244 e. The molecule has 1 amide bonds. The second kappa shape index (κ2) is 7.04. The number of hydrogen-bond donors (Lipinski definition) is 1. The minimum absolute atomic E-state index is 0.0825. The van der Waals surface area contributed by atoms with E-state index in [-0.39, 0.29) is 11.9 Å². The van der Waals surface area contributed by atoms with Crippen molar-refractivity contribution in [3.05, 3.63) is 16.5 Å². The molecule has 0 aromatic carbocycles. The zero-order valence-electron chi connectivity index (χ0n) is 12.6. The van der Waals surface area contributed by atoms with Gasteiger partial charge >= 0.3 is 0 Å². The fraction of sp³-hybridized carbons (Fsp3) is 0.643. The summed E-state index contributed by atoms with van der Waals surface area (Å²) < 4.78 is 5.43. The third-order valence-electron chi connectivity index (χ3n) is 3.53. The van der Waals surface area contributed by atoms with Gasteiger partial charge in [0.2, 0.25) is 5.91 Å². The monoisotopic (exact) mass is 312 g/mol. The number of aromatic nitrogens is 2. The SMILES string of the molecule is CCCc1nc(Cl)c(C)c(N2CCOCC2C(=O)NC)n1.